The number of hydrogen-bond acceptors (Lipinski definition) is 3. The molecule has 0 aliphatic carbocycles. The molecule has 0 atom stereocenters. The summed E-state index contributed by atoms with van der Waals surface area (Å²) in [5, 5.41) is 2.94. The molecule has 124 valence electrons. The van der Waals surface area contributed by atoms with Gasteiger partial charge in [0.15, 0.2) is 0 Å². The second kappa shape index (κ2) is 8.12. The van der Waals surface area contributed by atoms with Crippen molar-refractivity contribution in [1.29, 1.82) is 0 Å². The number of rotatable bonds is 4. The van der Waals surface area contributed by atoms with E-state index >= 15 is 0 Å². The van der Waals surface area contributed by atoms with E-state index in [1.165, 1.54) is 6.92 Å². The number of hydrazine groups is 1. The van der Waals surface area contributed by atoms with Crippen LogP contribution < -0.4 is 16.2 Å². The SMILES string of the molecule is CC(=O)Nc1ccc(CC(=O)NNC(=O)c2ccccc2Cl)cc1. The van der Waals surface area contributed by atoms with Crippen molar-refractivity contribution in [3.63, 3.8) is 0 Å². The van der Waals surface area contributed by atoms with E-state index in [2.05, 4.69) is 16.2 Å². The smallest absolute Gasteiger partial charge is 0.271 e. The van der Waals surface area contributed by atoms with E-state index < -0.39 is 5.91 Å². The van der Waals surface area contributed by atoms with Crippen LogP contribution in [0.15, 0.2) is 48.5 Å². The van der Waals surface area contributed by atoms with Gasteiger partial charge in [0, 0.05) is 12.6 Å². The molecule has 0 aliphatic heterocycles. The average Bonchev–Trinajstić information content (AvgIpc) is 2.54. The molecule has 6 nitrogen and oxygen atoms in total. The fourth-order valence-corrected chi connectivity index (χ4v) is 2.20. The molecule has 0 spiro atoms. The third kappa shape index (κ3) is 5.10. The second-order valence-corrected chi connectivity index (χ2v) is 5.44. The zero-order valence-corrected chi connectivity index (χ0v) is 13.7. The van der Waals surface area contributed by atoms with Gasteiger partial charge in [-0.1, -0.05) is 35.9 Å². The van der Waals surface area contributed by atoms with Crippen molar-refractivity contribution >= 4 is 35.0 Å². The average molecular weight is 346 g/mol. The molecule has 0 unspecified atom stereocenters. The van der Waals surface area contributed by atoms with E-state index in [0.717, 1.165) is 5.56 Å². The lowest BCUT2D eigenvalue weighted by molar-refractivity contribution is -0.121. The van der Waals surface area contributed by atoms with Crippen LogP contribution in [0, 0.1) is 0 Å². The predicted octanol–water partition coefficient (Wildman–Crippen LogP) is 2.30. The molecule has 2 aromatic rings. The minimum atomic E-state index is -0.491. The molecular weight excluding hydrogens is 330 g/mol. The molecule has 0 bridgehead atoms. The second-order valence-electron chi connectivity index (χ2n) is 5.04. The molecule has 24 heavy (non-hydrogen) atoms. The fraction of sp³-hybridized carbons (Fsp3) is 0.118. The zero-order chi connectivity index (χ0) is 17.5. The Morgan fingerprint density at radius 1 is 0.958 bits per heavy atom. The number of carbonyl (C=O) groups is 3. The molecule has 0 saturated heterocycles. The fourth-order valence-electron chi connectivity index (χ4n) is 1.98. The Hall–Kier alpha value is -2.86. The summed E-state index contributed by atoms with van der Waals surface area (Å²) in [7, 11) is 0. The Labute approximate surface area is 144 Å². The predicted molar refractivity (Wildman–Crippen MR) is 91.5 cm³/mol. The van der Waals surface area contributed by atoms with Crippen LogP contribution in [0.3, 0.4) is 0 Å². The van der Waals surface area contributed by atoms with E-state index in [4.69, 9.17) is 11.6 Å². The monoisotopic (exact) mass is 345 g/mol. The van der Waals surface area contributed by atoms with Crippen LogP contribution in [0.25, 0.3) is 0 Å². The van der Waals surface area contributed by atoms with Gasteiger partial charge >= 0.3 is 0 Å². The Morgan fingerprint density at radius 3 is 2.25 bits per heavy atom. The van der Waals surface area contributed by atoms with Crippen LogP contribution in [0.4, 0.5) is 5.69 Å². The van der Waals surface area contributed by atoms with Gasteiger partial charge in [-0.05, 0) is 29.8 Å². The van der Waals surface area contributed by atoms with Crippen LogP contribution in [0.5, 0.6) is 0 Å². The zero-order valence-electron chi connectivity index (χ0n) is 12.9. The van der Waals surface area contributed by atoms with Crippen LogP contribution in [-0.4, -0.2) is 17.7 Å². The van der Waals surface area contributed by atoms with Crippen molar-refractivity contribution < 1.29 is 14.4 Å². The van der Waals surface area contributed by atoms with E-state index in [0.29, 0.717) is 10.7 Å². The van der Waals surface area contributed by atoms with Crippen molar-refractivity contribution in [2.75, 3.05) is 5.32 Å². The molecule has 2 rings (SSSR count). The normalized spacial score (nSPS) is 9.92. The van der Waals surface area contributed by atoms with Gasteiger partial charge in [-0.3, -0.25) is 25.2 Å². The van der Waals surface area contributed by atoms with Crippen LogP contribution in [0.1, 0.15) is 22.8 Å². The number of amides is 3. The van der Waals surface area contributed by atoms with Gasteiger partial charge in [0.2, 0.25) is 11.8 Å². The van der Waals surface area contributed by atoms with Crippen LogP contribution in [0.2, 0.25) is 5.02 Å². The number of halogens is 1. The van der Waals surface area contributed by atoms with E-state index in [1.807, 2.05) is 0 Å². The summed E-state index contributed by atoms with van der Waals surface area (Å²) in [6.07, 6.45) is 0.0865. The molecule has 3 N–H and O–H groups in total. The highest BCUT2D eigenvalue weighted by molar-refractivity contribution is 6.33. The summed E-state index contributed by atoms with van der Waals surface area (Å²) in [6, 6.07) is 13.4. The topological polar surface area (TPSA) is 87.3 Å². The summed E-state index contributed by atoms with van der Waals surface area (Å²) >= 11 is 5.91. The summed E-state index contributed by atoms with van der Waals surface area (Å²) < 4.78 is 0. The van der Waals surface area contributed by atoms with E-state index in [-0.39, 0.29) is 23.8 Å². The first kappa shape index (κ1) is 17.5. The molecule has 0 heterocycles. The molecule has 0 fully saturated rings. The van der Waals surface area contributed by atoms with Gasteiger partial charge in [0.1, 0.15) is 0 Å². The lowest BCUT2D eigenvalue weighted by Gasteiger charge is -2.09. The van der Waals surface area contributed by atoms with Gasteiger partial charge < -0.3 is 5.32 Å². The lowest BCUT2D eigenvalue weighted by Crippen LogP contribution is -2.42. The molecule has 2 aromatic carbocycles. The number of nitrogens with one attached hydrogen (secondary N) is 3. The van der Waals surface area contributed by atoms with Crippen molar-refractivity contribution in [1.82, 2.24) is 10.9 Å². The van der Waals surface area contributed by atoms with E-state index in [1.54, 1.807) is 48.5 Å². The maximum Gasteiger partial charge on any atom is 0.271 e. The van der Waals surface area contributed by atoms with Crippen molar-refractivity contribution in [3.05, 3.63) is 64.7 Å². The van der Waals surface area contributed by atoms with Gasteiger partial charge in [-0.15, -0.1) is 0 Å². The summed E-state index contributed by atoms with van der Waals surface area (Å²) in [5.41, 5.74) is 6.33. The first-order chi connectivity index (χ1) is 11.5. The molecule has 3 amide bonds. The third-order valence-corrected chi connectivity index (χ3v) is 3.40. The molecule has 0 radical (unpaired) electrons. The molecule has 0 saturated carbocycles. The van der Waals surface area contributed by atoms with Crippen LogP contribution >= 0.6 is 11.6 Å². The highest BCUT2D eigenvalue weighted by Crippen LogP contribution is 2.14. The standard InChI is InChI=1S/C17H16ClN3O3/c1-11(22)19-13-8-6-12(7-9-13)10-16(23)20-21-17(24)14-4-2-3-5-15(14)18/h2-9H,10H2,1H3,(H,19,22)(H,20,23)(H,21,24). The number of benzene rings is 2. The van der Waals surface area contributed by atoms with Gasteiger partial charge in [-0.25, -0.2) is 0 Å². The molecular formula is C17H16ClN3O3. The minimum absolute atomic E-state index is 0.0865. The molecule has 0 aliphatic rings. The lowest BCUT2D eigenvalue weighted by atomic mass is 10.1. The quantitative estimate of drug-likeness (QED) is 0.743. The maximum atomic E-state index is 11.9. The summed E-state index contributed by atoms with van der Waals surface area (Å²) in [4.78, 5) is 34.7. The summed E-state index contributed by atoms with van der Waals surface area (Å²) in [5.74, 6) is -1.03. The third-order valence-electron chi connectivity index (χ3n) is 3.07. The van der Waals surface area contributed by atoms with Crippen LogP contribution in [-0.2, 0) is 16.0 Å². The van der Waals surface area contributed by atoms with Crippen molar-refractivity contribution in [2.45, 2.75) is 13.3 Å². The number of carbonyl (C=O) groups excluding carboxylic acids is 3. The van der Waals surface area contributed by atoms with E-state index in [9.17, 15) is 14.4 Å². The first-order valence-corrected chi connectivity index (χ1v) is 7.54. The molecule has 7 heteroatoms. The highest BCUT2D eigenvalue weighted by Gasteiger charge is 2.10. The molecule has 0 aromatic heterocycles. The Kier molecular flexibility index (Phi) is 5.92. The summed E-state index contributed by atoms with van der Waals surface area (Å²) in [6.45, 7) is 1.42. The minimum Gasteiger partial charge on any atom is -0.326 e. The highest BCUT2D eigenvalue weighted by atomic mass is 35.5. The largest absolute Gasteiger partial charge is 0.326 e. The van der Waals surface area contributed by atoms with Crippen molar-refractivity contribution in [2.24, 2.45) is 0 Å². The Balaban J connectivity index is 1.86. The van der Waals surface area contributed by atoms with Gasteiger partial charge in [-0.2, -0.15) is 0 Å². The van der Waals surface area contributed by atoms with Crippen molar-refractivity contribution in [3.8, 4) is 0 Å². The number of anilines is 1. The Morgan fingerprint density at radius 2 is 1.62 bits per heavy atom. The maximum absolute atomic E-state index is 11.9. The Bertz CT molecular complexity index is 760. The first-order valence-electron chi connectivity index (χ1n) is 7.16. The van der Waals surface area contributed by atoms with Gasteiger partial charge in [0.25, 0.3) is 5.91 Å². The number of hydrogen-bond donors (Lipinski definition) is 3. The van der Waals surface area contributed by atoms with Gasteiger partial charge in [0.05, 0.1) is 17.0 Å².